The standard InChI is InChI=1S/C26H28F3N3O3/c1-34-19-8-10-22-20(16-19)24(30-21-15-18(26(27,28)29)7-9-23(21)35-22)31-11-13-32(14-12-31)25(33)17-5-3-2-4-6-17/h7-10,15-17H,2-6,11-14H2,1H3. The Hall–Kier alpha value is -3.23. The lowest BCUT2D eigenvalue weighted by molar-refractivity contribution is -0.138. The summed E-state index contributed by atoms with van der Waals surface area (Å²) in [5, 5.41) is 0. The Kier molecular flexibility index (Phi) is 6.34. The highest BCUT2D eigenvalue weighted by molar-refractivity contribution is 6.04. The minimum Gasteiger partial charge on any atom is -0.497 e. The number of piperazine rings is 1. The number of nitrogens with zero attached hydrogens (tertiary/aromatic N) is 3. The average molecular weight is 488 g/mol. The zero-order valence-corrected chi connectivity index (χ0v) is 19.6. The van der Waals surface area contributed by atoms with E-state index in [0.717, 1.165) is 37.8 Å². The van der Waals surface area contributed by atoms with Gasteiger partial charge in [-0.1, -0.05) is 19.3 Å². The SMILES string of the molecule is COc1ccc2c(c1)C(N1CCN(C(=O)C3CCCCC3)CC1)=Nc1cc(C(F)(F)F)ccc1O2. The molecule has 1 aliphatic carbocycles. The van der Waals surface area contributed by atoms with Gasteiger partial charge < -0.3 is 19.3 Å². The number of amides is 1. The van der Waals surface area contributed by atoms with Crippen molar-refractivity contribution in [1.82, 2.24) is 9.80 Å². The number of carbonyl (C=O) groups is 1. The van der Waals surface area contributed by atoms with Gasteiger partial charge in [-0.2, -0.15) is 13.2 Å². The van der Waals surface area contributed by atoms with Crippen molar-refractivity contribution in [1.29, 1.82) is 0 Å². The van der Waals surface area contributed by atoms with Crippen molar-refractivity contribution in [3.8, 4) is 17.2 Å². The molecule has 3 aliphatic rings. The molecule has 2 aliphatic heterocycles. The van der Waals surface area contributed by atoms with Crippen LogP contribution < -0.4 is 9.47 Å². The molecule has 1 saturated heterocycles. The van der Waals surface area contributed by atoms with Crippen LogP contribution in [0.3, 0.4) is 0 Å². The van der Waals surface area contributed by atoms with E-state index in [2.05, 4.69) is 4.99 Å². The molecule has 1 saturated carbocycles. The van der Waals surface area contributed by atoms with E-state index >= 15 is 0 Å². The van der Waals surface area contributed by atoms with Crippen LogP contribution in [-0.2, 0) is 11.0 Å². The third-order valence-electron chi connectivity index (χ3n) is 7.01. The van der Waals surface area contributed by atoms with Crippen LogP contribution in [0.5, 0.6) is 17.2 Å². The maximum absolute atomic E-state index is 13.4. The number of aliphatic imine (C=N–C) groups is 1. The van der Waals surface area contributed by atoms with Crippen molar-refractivity contribution < 1.29 is 27.4 Å². The first-order valence-electron chi connectivity index (χ1n) is 12.0. The maximum atomic E-state index is 13.4. The van der Waals surface area contributed by atoms with E-state index in [-0.39, 0.29) is 23.3 Å². The molecule has 2 heterocycles. The van der Waals surface area contributed by atoms with Crippen LogP contribution in [0.2, 0.25) is 0 Å². The molecule has 0 N–H and O–H groups in total. The third-order valence-corrected chi connectivity index (χ3v) is 7.01. The predicted molar refractivity (Wildman–Crippen MR) is 125 cm³/mol. The summed E-state index contributed by atoms with van der Waals surface area (Å²) in [6.45, 7) is 2.15. The van der Waals surface area contributed by atoms with Gasteiger partial charge in [0.05, 0.1) is 18.2 Å². The fraction of sp³-hybridized carbons (Fsp3) is 0.462. The molecule has 186 valence electrons. The molecule has 35 heavy (non-hydrogen) atoms. The lowest BCUT2D eigenvalue weighted by Crippen LogP contribution is -2.52. The van der Waals surface area contributed by atoms with E-state index in [9.17, 15) is 18.0 Å². The first-order chi connectivity index (χ1) is 16.8. The second-order valence-electron chi connectivity index (χ2n) is 9.23. The van der Waals surface area contributed by atoms with E-state index in [0.29, 0.717) is 49.1 Å². The highest BCUT2D eigenvalue weighted by Gasteiger charge is 2.34. The van der Waals surface area contributed by atoms with Crippen LogP contribution in [0, 0.1) is 5.92 Å². The summed E-state index contributed by atoms with van der Waals surface area (Å²) in [6, 6.07) is 8.58. The number of rotatable bonds is 2. The quantitative estimate of drug-likeness (QED) is 0.552. The number of fused-ring (bicyclic) bond motifs is 2. The number of methoxy groups -OCH3 is 1. The molecular weight excluding hydrogens is 459 g/mol. The van der Waals surface area contributed by atoms with Crippen LogP contribution in [0.15, 0.2) is 41.4 Å². The Bertz CT molecular complexity index is 1130. The number of alkyl halides is 3. The van der Waals surface area contributed by atoms with Crippen LogP contribution in [0.4, 0.5) is 18.9 Å². The molecule has 9 heteroatoms. The summed E-state index contributed by atoms with van der Waals surface area (Å²) in [4.78, 5) is 21.6. The van der Waals surface area contributed by atoms with Crippen LogP contribution >= 0.6 is 0 Å². The topological polar surface area (TPSA) is 54.4 Å². The fourth-order valence-corrected chi connectivity index (χ4v) is 5.05. The number of benzene rings is 2. The number of carbonyl (C=O) groups excluding carboxylic acids is 1. The second-order valence-corrected chi connectivity index (χ2v) is 9.23. The number of halogens is 3. The zero-order chi connectivity index (χ0) is 24.6. The number of hydrogen-bond donors (Lipinski definition) is 0. The van der Waals surface area contributed by atoms with E-state index in [1.165, 1.54) is 12.5 Å². The summed E-state index contributed by atoms with van der Waals surface area (Å²) in [6.07, 6.45) is 0.817. The Labute approximate surface area is 202 Å². The predicted octanol–water partition coefficient (Wildman–Crippen LogP) is 5.62. The van der Waals surface area contributed by atoms with Gasteiger partial charge in [0.1, 0.15) is 23.0 Å². The largest absolute Gasteiger partial charge is 0.497 e. The molecule has 0 bridgehead atoms. The van der Waals surface area contributed by atoms with Crippen molar-refractivity contribution in [2.24, 2.45) is 10.9 Å². The summed E-state index contributed by atoms with van der Waals surface area (Å²) < 4.78 is 51.6. The van der Waals surface area contributed by atoms with Gasteiger partial charge in [-0.25, -0.2) is 4.99 Å². The van der Waals surface area contributed by atoms with E-state index in [1.54, 1.807) is 25.3 Å². The van der Waals surface area contributed by atoms with E-state index in [1.807, 2.05) is 9.80 Å². The molecule has 2 aromatic carbocycles. The van der Waals surface area contributed by atoms with Gasteiger partial charge in [0.15, 0.2) is 5.75 Å². The normalized spacial score (nSPS) is 18.7. The molecule has 2 fully saturated rings. The molecule has 0 atom stereocenters. The lowest BCUT2D eigenvalue weighted by Gasteiger charge is -2.38. The fourth-order valence-electron chi connectivity index (χ4n) is 5.05. The zero-order valence-electron chi connectivity index (χ0n) is 19.6. The van der Waals surface area contributed by atoms with Crippen LogP contribution in [0.1, 0.15) is 43.2 Å². The van der Waals surface area contributed by atoms with Crippen molar-refractivity contribution >= 4 is 17.4 Å². The number of ether oxygens (including phenoxy) is 2. The van der Waals surface area contributed by atoms with E-state index in [4.69, 9.17) is 9.47 Å². The number of amidine groups is 1. The number of hydrogen-bond acceptors (Lipinski definition) is 5. The minimum atomic E-state index is -4.49. The van der Waals surface area contributed by atoms with Gasteiger partial charge in [0, 0.05) is 32.1 Å². The monoisotopic (exact) mass is 487 g/mol. The Balaban J connectivity index is 1.45. The first kappa shape index (κ1) is 23.5. The maximum Gasteiger partial charge on any atom is 0.416 e. The average Bonchev–Trinajstić information content (AvgIpc) is 3.04. The molecular formula is C26H28F3N3O3. The highest BCUT2D eigenvalue weighted by atomic mass is 19.4. The van der Waals surface area contributed by atoms with E-state index < -0.39 is 11.7 Å². The molecule has 0 spiro atoms. The third kappa shape index (κ3) is 4.81. The van der Waals surface area contributed by atoms with Crippen LogP contribution in [-0.4, -0.2) is 54.8 Å². The molecule has 5 rings (SSSR count). The molecule has 0 aromatic heterocycles. The van der Waals surface area contributed by atoms with Gasteiger partial charge in [0.2, 0.25) is 5.91 Å². The molecule has 2 aromatic rings. The second kappa shape index (κ2) is 9.43. The van der Waals surface area contributed by atoms with Crippen LogP contribution in [0.25, 0.3) is 0 Å². The highest BCUT2D eigenvalue weighted by Crippen LogP contribution is 2.42. The van der Waals surface area contributed by atoms with Gasteiger partial charge in [0.25, 0.3) is 0 Å². The van der Waals surface area contributed by atoms with Crippen molar-refractivity contribution in [3.05, 3.63) is 47.5 Å². The van der Waals surface area contributed by atoms with Gasteiger partial charge in [-0.3, -0.25) is 4.79 Å². The molecule has 6 nitrogen and oxygen atoms in total. The smallest absolute Gasteiger partial charge is 0.416 e. The van der Waals surface area contributed by atoms with Crippen molar-refractivity contribution in [3.63, 3.8) is 0 Å². The summed E-state index contributed by atoms with van der Waals surface area (Å²) >= 11 is 0. The first-order valence-corrected chi connectivity index (χ1v) is 12.0. The minimum absolute atomic E-state index is 0.108. The molecule has 1 amide bonds. The Morgan fingerprint density at radius 3 is 2.40 bits per heavy atom. The Morgan fingerprint density at radius 2 is 1.71 bits per heavy atom. The molecule has 0 radical (unpaired) electrons. The lowest BCUT2D eigenvalue weighted by atomic mass is 9.88. The summed E-state index contributed by atoms with van der Waals surface area (Å²) in [7, 11) is 1.55. The summed E-state index contributed by atoms with van der Waals surface area (Å²) in [5.74, 6) is 2.18. The van der Waals surface area contributed by atoms with Gasteiger partial charge in [-0.05, 0) is 49.2 Å². The van der Waals surface area contributed by atoms with Gasteiger partial charge in [-0.15, -0.1) is 0 Å². The Morgan fingerprint density at radius 1 is 1.00 bits per heavy atom. The van der Waals surface area contributed by atoms with Crippen molar-refractivity contribution in [2.45, 2.75) is 38.3 Å². The van der Waals surface area contributed by atoms with Gasteiger partial charge >= 0.3 is 6.18 Å². The summed E-state index contributed by atoms with van der Waals surface area (Å²) in [5.41, 5.74) is -0.0266. The van der Waals surface area contributed by atoms with Crippen molar-refractivity contribution in [2.75, 3.05) is 33.3 Å². The molecule has 0 unspecified atom stereocenters.